The van der Waals surface area contributed by atoms with E-state index < -0.39 is 10.4 Å². The summed E-state index contributed by atoms with van der Waals surface area (Å²) in [7, 11) is -5.17. The van der Waals surface area contributed by atoms with Crippen molar-refractivity contribution in [3.05, 3.63) is 42.2 Å². The van der Waals surface area contributed by atoms with Crippen LogP contribution in [0.25, 0.3) is 0 Å². The van der Waals surface area contributed by atoms with Crippen LogP contribution in [0.15, 0.2) is 36.7 Å². The van der Waals surface area contributed by atoms with Crippen molar-refractivity contribution in [2.45, 2.75) is 20.4 Å². The molecule has 1 aromatic rings. The summed E-state index contributed by atoms with van der Waals surface area (Å²) in [5, 5.41) is 0. The molecule has 0 aliphatic carbocycles. The molecular weight excluding hydrogens is 258 g/mol. The van der Waals surface area contributed by atoms with Gasteiger partial charge in [-0.2, -0.15) is 0 Å². The number of ketones is 1. The summed E-state index contributed by atoms with van der Waals surface area (Å²) in [5.41, 5.74) is 1.85. The van der Waals surface area contributed by atoms with Crippen LogP contribution in [-0.2, 0) is 16.9 Å². The summed E-state index contributed by atoms with van der Waals surface area (Å²) < 4.78 is 36.1. The Balaban J connectivity index is 0. The molecule has 1 rings (SSSR count). The highest BCUT2D eigenvalue weighted by Crippen LogP contribution is 1.96. The third-order valence-electron chi connectivity index (χ3n) is 1.75. The standard InChI is InChI=1S/C11H14NO.H2O4S/c1-9(2)8-12-6-4-11(5-7-12)10(3)13;1-5(2,3)4/h4-7H,1,8H2,2-3H3;(H2,1,2,3,4)/q+1;/p-1. The number of allylic oxidation sites excluding steroid dienone is 1. The van der Waals surface area contributed by atoms with Gasteiger partial charge in [-0.05, 0) is 19.4 Å². The van der Waals surface area contributed by atoms with Crippen molar-refractivity contribution in [1.82, 2.24) is 0 Å². The van der Waals surface area contributed by atoms with Crippen LogP contribution < -0.4 is 4.57 Å². The molecular formula is C11H15NO5S. The molecule has 0 unspecified atom stereocenters. The maximum Gasteiger partial charge on any atom is 1.00 e. The molecule has 1 heterocycles. The first-order valence-corrected chi connectivity index (χ1v) is 6.24. The summed E-state index contributed by atoms with van der Waals surface area (Å²) in [6.45, 7) is 8.17. The SMILES string of the molecule is C=C(C)C[n+]1ccc(C(C)=O)cc1.O=S(=O)([O-])[O-].[H+]. The highest BCUT2D eigenvalue weighted by Gasteiger charge is 2.03. The molecule has 0 aliphatic rings. The average Bonchev–Trinajstić information content (AvgIpc) is 2.14. The molecule has 0 N–H and O–H groups in total. The maximum atomic E-state index is 11.0. The Morgan fingerprint density at radius 2 is 1.72 bits per heavy atom. The Morgan fingerprint density at radius 1 is 1.33 bits per heavy atom. The number of carbonyl (C=O) groups excluding carboxylic acids is 1. The Kier molecular flexibility index (Phi) is 6.39. The van der Waals surface area contributed by atoms with Crippen LogP contribution in [-0.4, -0.2) is 23.3 Å². The zero-order valence-electron chi connectivity index (χ0n) is 11.1. The van der Waals surface area contributed by atoms with Crippen molar-refractivity contribution in [3.63, 3.8) is 0 Å². The Labute approximate surface area is 108 Å². The first-order valence-electron chi connectivity index (χ1n) is 4.90. The van der Waals surface area contributed by atoms with Gasteiger partial charge in [-0.25, -0.2) is 4.57 Å². The number of nitrogens with zero attached hydrogens (tertiary/aromatic N) is 1. The van der Waals surface area contributed by atoms with Gasteiger partial charge in [0.1, 0.15) is 0 Å². The van der Waals surface area contributed by atoms with E-state index in [-0.39, 0.29) is 7.21 Å². The second-order valence-electron chi connectivity index (χ2n) is 3.68. The van der Waals surface area contributed by atoms with Gasteiger partial charge >= 0.3 is 1.43 Å². The first kappa shape index (κ1) is 16.4. The molecule has 0 saturated carbocycles. The van der Waals surface area contributed by atoms with Gasteiger partial charge in [0.15, 0.2) is 24.7 Å². The molecule has 0 fully saturated rings. The van der Waals surface area contributed by atoms with Crippen molar-refractivity contribution < 1.29 is 28.3 Å². The minimum Gasteiger partial charge on any atom is -0.759 e. The molecule has 100 valence electrons. The van der Waals surface area contributed by atoms with Crippen LogP contribution in [0.2, 0.25) is 0 Å². The average molecular weight is 273 g/mol. The van der Waals surface area contributed by atoms with Crippen LogP contribution in [0.3, 0.4) is 0 Å². The summed E-state index contributed by atoms with van der Waals surface area (Å²) in [4.78, 5) is 11.0. The lowest BCUT2D eigenvalue weighted by Crippen LogP contribution is -2.33. The predicted molar refractivity (Wildman–Crippen MR) is 63.0 cm³/mol. The summed E-state index contributed by atoms with van der Waals surface area (Å²) >= 11 is 0. The van der Waals surface area contributed by atoms with E-state index in [9.17, 15) is 4.79 Å². The van der Waals surface area contributed by atoms with Gasteiger partial charge in [-0.3, -0.25) is 13.2 Å². The molecule has 6 nitrogen and oxygen atoms in total. The molecule has 0 bridgehead atoms. The zero-order valence-corrected chi connectivity index (χ0v) is 10.9. The fourth-order valence-corrected chi connectivity index (χ4v) is 1.11. The lowest BCUT2D eigenvalue weighted by Gasteiger charge is -2.06. The summed E-state index contributed by atoms with van der Waals surface area (Å²) in [6, 6.07) is 3.65. The van der Waals surface area contributed by atoms with E-state index in [0.717, 1.165) is 17.7 Å². The first-order chi connectivity index (χ1) is 8.09. The van der Waals surface area contributed by atoms with Gasteiger partial charge in [0.2, 0.25) is 0 Å². The maximum absolute atomic E-state index is 11.0. The van der Waals surface area contributed by atoms with Crippen LogP contribution >= 0.6 is 0 Å². The minimum atomic E-state index is -5.17. The van der Waals surface area contributed by atoms with Gasteiger partial charge < -0.3 is 9.11 Å². The van der Waals surface area contributed by atoms with Crippen molar-refractivity contribution in [1.29, 1.82) is 0 Å². The third kappa shape index (κ3) is 9.64. The molecule has 0 atom stereocenters. The van der Waals surface area contributed by atoms with Gasteiger partial charge in [-0.15, -0.1) is 0 Å². The number of hydrogen-bond donors (Lipinski definition) is 0. The largest absolute Gasteiger partial charge is 1.00 e. The number of aromatic nitrogens is 1. The van der Waals surface area contributed by atoms with Crippen molar-refractivity contribution in [3.8, 4) is 0 Å². The Morgan fingerprint density at radius 3 is 2.00 bits per heavy atom. The zero-order chi connectivity index (χ0) is 14.3. The number of hydrogen-bond acceptors (Lipinski definition) is 5. The number of rotatable bonds is 3. The quantitative estimate of drug-likeness (QED) is 0.263. The van der Waals surface area contributed by atoms with Gasteiger partial charge in [0.25, 0.3) is 0 Å². The van der Waals surface area contributed by atoms with Crippen molar-refractivity contribution in [2.75, 3.05) is 0 Å². The van der Waals surface area contributed by atoms with Gasteiger partial charge in [-0.1, -0.05) is 6.58 Å². The molecule has 1 aromatic heterocycles. The van der Waals surface area contributed by atoms with E-state index in [2.05, 4.69) is 6.58 Å². The van der Waals surface area contributed by atoms with E-state index in [1.165, 1.54) is 0 Å². The normalized spacial score (nSPS) is 10.2. The van der Waals surface area contributed by atoms with Gasteiger partial charge in [0, 0.05) is 28.1 Å². The number of pyridine rings is 1. The second kappa shape index (κ2) is 7.00. The minimum absolute atomic E-state index is 0. The van der Waals surface area contributed by atoms with E-state index >= 15 is 0 Å². The van der Waals surface area contributed by atoms with Gasteiger partial charge in [0.05, 0.1) is 0 Å². The number of Topliss-reactive ketones (excluding diaryl/α,β-unsaturated/α-hetero) is 1. The second-order valence-corrected chi connectivity index (χ2v) is 4.50. The molecule has 7 heteroatoms. The van der Waals surface area contributed by atoms with Crippen LogP contribution in [0.4, 0.5) is 0 Å². The van der Waals surface area contributed by atoms with Crippen LogP contribution in [0, 0.1) is 0 Å². The monoisotopic (exact) mass is 273 g/mol. The van der Waals surface area contributed by atoms with E-state index in [1.54, 1.807) is 6.92 Å². The molecule has 0 radical (unpaired) electrons. The molecule has 0 amide bonds. The fraction of sp³-hybridized carbons (Fsp3) is 0.273. The molecule has 0 aliphatic heterocycles. The van der Waals surface area contributed by atoms with Crippen LogP contribution in [0.1, 0.15) is 25.6 Å². The fourth-order valence-electron chi connectivity index (χ4n) is 1.11. The molecule has 0 spiro atoms. The van der Waals surface area contributed by atoms with E-state index in [0.29, 0.717) is 0 Å². The highest BCUT2D eigenvalue weighted by atomic mass is 32.3. The van der Waals surface area contributed by atoms with Crippen LogP contribution in [0.5, 0.6) is 0 Å². The Hall–Kier alpha value is -1.57. The van der Waals surface area contributed by atoms with Crippen molar-refractivity contribution >= 4 is 16.2 Å². The molecule has 0 saturated heterocycles. The topological polar surface area (TPSA) is 101 Å². The lowest BCUT2D eigenvalue weighted by atomic mass is 10.2. The van der Waals surface area contributed by atoms with E-state index in [1.807, 2.05) is 36.0 Å². The highest BCUT2D eigenvalue weighted by molar-refractivity contribution is 7.79. The Bertz CT molecular complexity index is 517. The summed E-state index contributed by atoms with van der Waals surface area (Å²) in [6.07, 6.45) is 3.79. The van der Waals surface area contributed by atoms with Crippen molar-refractivity contribution in [2.24, 2.45) is 0 Å². The lowest BCUT2D eigenvalue weighted by molar-refractivity contribution is -0.689. The predicted octanol–water partition coefficient (Wildman–Crippen LogP) is 0.527. The smallest absolute Gasteiger partial charge is 0.759 e. The number of carbonyl (C=O) groups is 1. The third-order valence-corrected chi connectivity index (χ3v) is 1.75. The molecule has 18 heavy (non-hydrogen) atoms. The summed E-state index contributed by atoms with van der Waals surface area (Å²) in [5.74, 6) is 0.0995. The molecule has 0 aromatic carbocycles. The van der Waals surface area contributed by atoms with E-state index in [4.69, 9.17) is 17.5 Å².